The van der Waals surface area contributed by atoms with Gasteiger partial charge in [-0.1, -0.05) is 36.4 Å². The van der Waals surface area contributed by atoms with Crippen LogP contribution in [0.3, 0.4) is 0 Å². The molecule has 44 heavy (non-hydrogen) atoms. The molecule has 2 aromatic carbocycles. The number of fused-ring (bicyclic) bond motifs is 1. The van der Waals surface area contributed by atoms with Gasteiger partial charge >= 0.3 is 11.8 Å². The maximum atomic E-state index is 14.3. The van der Waals surface area contributed by atoms with E-state index < -0.39 is 29.2 Å². The standard InChI is InChI=1S/C33H37FN6O4/c1-37-14-3-15-38(17-16-37)21-22-6-8-23(9-7-22)24-4-2-5-28(18-24)39-30-29(19-25(34)20-35-30)31(41)40(33(39)44)27-12-10-26(11-13-27)36-32(42)43/h2,4-9,18-20,26-27,36H,3,10-17,21H2,1H3,(H,42,43). The first-order valence-corrected chi connectivity index (χ1v) is 15.2. The minimum Gasteiger partial charge on any atom is -0.465 e. The van der Waals surface area contributed by atoms with Gasteiger partial charge in [0.2, 0.25) is 0 Å². The van der Waals surface area contributed by atoms with Crippen molar-refractivity contribution >= 4 is 17.1 Å². The number of aromatic nitrogens is 3. The number of likely N-dealkylation sites (N-methyl/N-ethyl adjacent to an activating group) is 1. The van der Waals surface area contributed by atoms with E-state index in [0.29, 0.717) is 31.4 Å². The second kappa shape index (κ2) is 12.7. The van der Waals surface area contributed by atoms with Gasteiger partial charge in [-0.2, -0.15) is 0 Å². The highest BCUT2D eigenvalue weighted by atomic mass is 19.1. The first-order valence-electron chi connectivity index (χ1n) is 15.2. The van der Waals surface area contributed by atoms with Gasteiger partial charge in [0.25, 0.3) is 5.56 Å². The van der Waals surface area contributed by atoms with E-state index in [4.69, 9.17) is 5.11 Å². The molecule has 2 aliphatic rings. The van der Waals surface area contributed by atoms with Crippen LogP contribution < -0.4 is 16.6 Å². The van der Waals surface area contributed by atoms with Crippen LogP contribution in [0.15, 0.2) is 70.4 Å². The molecule has 0 radical (unpaired) electrons. The third-order valence-electron chi connectivity index (χ3n) is 8.89. The van der Waals surface area contributed by atoms with Crippen molar-refractivity contribution in [3.05, 3.63) is 93.0 Å². The maximum Gasteiger partial charge on any atom is 0.404 e. The highest BCUT2D eigenvalue weighted by molar-refractivity contribution is 5.76. The Morgan fingerprint density at radius 3 is 2.50 bits per heavy atom. The van der Waals surface area contributed by atoms with Crippen LogP contribution in [0.1, 0.15) is 43.7 Å². The van der Waals surface area contributed by atoms with E-state index in [2.05, 4.69) is 51.4 Å². The van der Waals surface area contributed by atoms with Crippen molar-refractivity contribution in [2.45, 2.75) is 50.7 Å². The van der Waals surface area contributed by atoms with Gasteiger partial charge in [-0.15, -0.1) is 0 Å². The van der Waals surface area contributed by atoms with Crippen LogP contribution in [0.5, 0.6) is 0 Å². The monoisotopic (exact) mass is 600 g/mol. The predicted octanol–water partition coefficient (Wildman–Crippen LogP) is 4.24. The van der Waals surface area contributed by atoms with Crippen LogP contribution in [0.4, 0.5) is 9.18 Å². The lowest BCUT2D eigenvalue weighted by Crippen LogP contribution is -2.45. The van der Waals surface area contributed by atoms with E-state index in [1.54, 1.807) is 6.07 Å². The van der Waals surface area contributed by atoms with Crippen LogP contribution in [0, 0.1) is 5.82 Å². The molecule has 2 aromatic heterocycles. The lowest BCUT2D eigenvalue weighted by Gasteiger charge is -2.29. The Kier molecular flexibility index (Phi) is 8.58. The Morgan fingerprint density at radius 2 is 1.75 bits per heavy atom. The summed E-state index contributed by atoms with van der Waals surface area (Å²) in [6.07, 6.45) is 2.93. The van der Waals surface area contributed by atoms with Crippen molar-refractivity contribution in [3.8, 4) is 16.8 Å². The number of carboxylic acid groups (broad SMARTS) is 1. The number of rotatable bonds is 6. The molecule has 11 heteroatoms. The molecule has 0 atom stereocenters. The number of nitrogens with zero attached hydrogens (tertiary/aromatic N) is 5. The van der Waals surface area contributed by atoms with Crippen molar-refractivity contribution < 1.29 is 14.3 Å². The summed E-state index contributed by atoms with van der Waals surface area (Å²) in [4.78, 5) is 47.7. The first-order chi connectivity index (χ1) is 21.3. The predicted molar refractivity (Wildman–Crippen MR) is 167 cm³/mol. The van der Waals surface area contributed by atoms with E-state index >= 15 is 0 Å². The summed E-state index contributed by atoms with van der Waals surface area (Å²) in [5, 5.41) is 11.6. The number of pyridine rings is 1. The normalized spacial score (nSPS) is 20.0. The molecule has 0 spiro atoms. The van der Waals surface area contributed by atoms with Crippen molar-refractivity contribution in [3.63, 3.8) is 0 Å². The zero-order valence-electron chi connectivity index (χ0n) is 24.8. The number of amides is 1. The average molecular weight is 601 g/mol. The number of benzene rings is 2. The first kappa shape index (κ1) is 29.7. The van der Waals surface area contributed by atoms with Crippen molar-refractivity contribution in [1.82, 2.24) is 29.2 Å². The fraction of sp³-hybridized carbons (Fsp3) is 0.394. The maximum absolute atomic E-state index is 14.3. The highest BCUT2D eigenvalue weighted by Gasteiger charge is 2.28. The number of hydrogen-bond acceptors (Lipinski definition) is 6. The van der Waals surface area contributed by atoms with Gasteiger partial charge < -0.3 is 15.3 Å². The van der Waals surface area contributed by atoms with Gasteiger partial charge in [0.15, 0.2) is 5.65 Å². The molecule has 1 aliphatic carbocycles. The zero-order valence-corrected chi connectivity index (χ0v) is 24.8. The molecule has 3 heterocycles. The second-order valence-electron chi connectivity index (χ2n) is 12.0. The second-order valence-corrected chi connectivity index (χ2v) is 12.0. The van der Waals surface area contributed by atoms with Crippen LogP contribution in [-0.2, 0) is 6.54 Å². The Labute approximate surface area is 254 Å². The van der Waals surface area contributed by atoms with E-state index in [-0.39, 0.29) is 17.1 Å². The summed E-state index contributed by atoms with van der Waals surface area (Å²) in [6.45, 7) is 5.21. The SMILES string of the molecule is CN1CCCN(Cc2ccc(-c3cccc(-n4c(=O)n(C5CCC(NC(=O)O)CC5)c(=O)c5cc(F)cnc54)c3)cc2)CC1. The Hall–Kier alpha value is -4.35. The summed E-state index contributed by atoms with van der Waals surface area (Å²) < 4.78 is 16.9. The molecule has 1 saturated heterocycles. The molecule has 6 rings (SSSR count). The molecule has 2 fully saturated rings. The third-order valence-corrected chi connectivity index (χ3v) is 8.89. The Bertz CT molecular complexity index is 1780. The smallest absolute Gasteiger partial charge is 0.404 e. The lowest BCUT2D eigenvalue weighted by atomic mass is 9.91. The van der Waals surface area contributed by atoms with Crippen molar-refractivity contribution in [2.24, 2.45) is 0 Å². The summed E-state index contributed by atoms with van der Waals surface area (Å²) in [6, 6.07) is 16.4. The summed E-state index contributed by atoms with van der Waals surface area (Å²) in [7, 11) is 2.17. The van der Waals surface area contributed by atoms with Gasteiger partial charge in [0, 0.05) is 31.7 Å². The third kappa shape index (κ3) is 6.29. The molecule has 230 valence electrons. The van der Waals surface area contributed by atoms with Gasteiger partial charge in [-0.05, 0) is 87.1 Å². The molecule has 2 N–H and O–H groups in total. The topological polar surface area (TPSA) is 113 Å². The fourth-order valence-electron chi connectivity index (χ4n) is 6.53. The molecule has 1 aliphatic heterocycles. The van der Waals surface area contributed by atoms with Gasteiger partial charge in [0.05, 0.1) is 17.3 Å². The zero-order chi connectivity index (χ0) is 30.8. The molecular formula is C33H37FN6O4. The molecule has 10 nitrogen and oxygen atoms in total. The fourth-order valence-corrected chi connectivity index (χ4v) is 6.53. The van der Waals surface area contributed by atoms with E-state index in [1.165, 1.54) is 14.7 Å². The largest absolute Gasteiger partial charge is 0.465 e. The van der Waals surface area contributed by atoms with Crippen LogP contribution in [0.25, 0.3) is 27.8 Å². The van der Waals surface area contributed by atoms with Crippen LogP contribution in [-0.4, -0.2) is 74.4 Å². The number of nitrogens with one attached hydrogen (secondary N) is 1. The minimum atomic E-state index is -1.10. The van der Waals surface area contributed by atoms with Gasteiger partial charge in [-0.25, -0.2) is 23.5 Å². The quantitative estimate of drug-likeness (QED) is 0.341. The molecule has 0 bridgehead atoms. The highest BCUT2D eigenvalue weighted by Crippen LogP contribution is 2.28. The summed E-state index contributed by atoms with van der Waals surface area (Å²) >= 11 is 0. The number of carbonyl (C=O) groups is 1. The number of hydrogen-bond donors (Lipinski definition) is 2. The van der Waals surface area contributed by atoms with Crippen LogP contribution >= 0.6 is 0 Å². The number of halogens is 1. The Morgan fingerprint density at radius 1 is 0.977 bits per heavy atom. The van der Waals surface area contributed by atoms with Crippen molar-refractivity contribution in [1.29, 1.82) is 0 Å². The average Bonchev–Trinajstić information content (AvgIpc) is 3.22. The van der Waals surface area contributed by atoms with E-state index in [0.717, 1.165) is 62.5 Å². The lowest BCUT2D eigenvalue weighted by molar-refractivity contribution is 0.182. The van der Waals surface area contributed by atoms with E-state index in [9.17, 15) is 18.8 Å². The van der Waals surface area contributed by atoms with Gasteiger partial charge in [0.1, 0.15) is 5.82 Å². The molecule has 1 amide bonds. The van der Waals surface area contributed by atoms with Gasteiger partial charge in [-0.3, -0.25) is 14.3 Å². The Balaban J connectivity index is 1.33. The van der Waals surface area contributed by atoms with Crippen LogP contribution in [0.2, 0.25) is 0 Å². The molecular weight excluding hydrogens is 563 g/mol. The van der Waals surface area contributed by atoms with E-state index in [1.807, 2.05) is 18.2 Å². The summed E-state index contributed by atoms with van der Waals surface area (Å²) in [5.41, 5.74) is 2.59. The minimum absolute atomic E-state index is 0.0184. The molecule has 4 aromatic rings. The molecule has 0 unspecified atom stereocenters. The summed E-state index contributed by atoms with van der Waals surface area (Å²) in [5.74, 6) is -0.665. The molecule has 1 saturated carbocycles. The van der Waals surface area contributed by atoms with Crippen molar-refractivity contribution in [2.75, 3.05) is 33.2 Å².